The molecule has 1 fully saturated rings. The second-order valence-electron chi connectivity index (χ2n) is 5.07. The molecule has 0 aromatic carbocycles. The first-order chi connectivity index (χ1) is 9.13. The summed E-state index contributed by atoms with van der Waals surface area (Å²) in [5.41, 5.74) is 6.04. The maximum absolute atomic E-state index is 12.4. The third kappa shape index (κ3) is 3.35. The van der Waals surface area contributed by atoms with Gasteiger partial charge < -0.3 is 15.4 Å². The van der Waals surface area contributed by atoms with E-state index in [0.717, 1.165) is 6.42 Å². The molecule has 1 saturated heterocycles. The predicted molar refractivity (Wildman–Crippen MR) is 77.0 cm³/mol. The van der Waals surface area contributed by atoms with E-state index in [0.29, 0.717) is 19.7 Å². The lowest BCUT2D eigenvalue weighted by atomic mass is 9.98. The van der Waals surface area contributed by atoms with E-state index in [1.54, 1.807) is 11.3 Å². The number of hydrogen-bond donors (Lipinski definition) is 1. The Hall–Kier alpha value is -0.910. The molecule has 2 heterocycles. The second-order valence-corrected chi connectivity index (χ2v) is 6.05. The van der Waals surface area contributed by atoms with Crippen LogP contribution in [0.5, 0.6) is 0 Å². The van der Waals surface area contributed by atoms with Gasteiger partial charge in [-0.2, -0.15) is 0 Å². The molecule has 106 valence electrons. The van der Waals surface area contributed by atoms with Crippen molar-refractivity contribution < 1.29 is 9.53 Å². The number of thiophene rings is 1. The Labute approximate surface area is 118 Å². The summed E-state index contributed by atoms with van der Waals surface area (Å²) < 4.78 is 5.74. The Morgan fingerprint density at radius 2 is 2.47 bits per heavy atom. The summed E-state index contributed by atoms with van der Waals surface area (Å²) in [7, 11) is 0. The van der Waals surface area contributed by atoms with Crippen molar-refractivity contribution in [1.29, 1.82) is 0 Å². The molecular formula is C14H22N2O2S. The standard InChI is InChI=1S/C14H22N2O2S/c1-3-10(2)13(15)14(17)16-6-7-18-11(9-16)12-5-4-8-19-12/h4-5,8,10-11,13H,3,6-7,9,15H2,1-2H3. The molecule has 4 nitrogen and oxygen atoms in total. The molecule has 2 rings (SSSR count). The highest BCUT2D eigenvalue weighted by Gasteiger charge is 2.30. The number of rotatable bonds is 4. The summed E-state index contributed by atoms with van der Waals surface area (Å²) in [5.74, 6) is 0.273. The topological polar surface area (TPSA) is 55.6 Å². The van der Waals surface area contributed by atoms with Crippen molar-refractivity contribution in [3.8, 4) is 0 Å². The lowest BCUT2D eigenvalue weighted by molar-refractivity contribution is -0.141. The maximum Gasteiger partial charge on any atom is 0.239 e. The largest absolute Gasteiger partial charge is 0.369 e. The molecule has 0 radical (unpaired) electrons. The van der Waals surface area contributed by atoms with E-state index < -0.39 is 6.04 Å². The SMILES string of the molecule is CCC(C)C(N)C(=O)N1CCOC(c2cccs2)C1. The van der Waals surface area contributed by atoms with E-state index in [2.05, 4.69) is 13.0 Å². The Morgan fingerprint density at radius 3 is 3.11 bits per heavy atom. The molecule has 3 unspecified atom stereocenters. The van der Waals surface area contributed by atoms with Gasteiger partial charge in [0.25, 0.3) is 0 Å². The first-order valence-electron chi connectivity index (χ1n) is 6.82. The van der Waals surface area contributed by atoms with Crippen LogP contribution in [0.2, 0.25) is 0 Å². The average Bonchev–Trinajstić information content (AvgIpc) is 2.99. The first-order valence-corrected chi connectivity index (χ1v) is 7.70. The van der Waals surface area contributed by atoms with Crippen molar-refractivity contribution in [2.24, 2.45) is 11.7 Å². The van der Waals surface area contributed by atoms with Crippen molar-refractivity contribution in [1.82, 2.24) is 4.90 Å². The summed E-state index contributed by atoms with van der Waals surface area (Å²) in [4.78, 5) is 15.4. The molecule has 1 aromatic rings. The zero-order chi connectivity index (χ0) is 13.8. The third-order valence-electron chi connectivity index (χ3n) is 3.78. The van der Waals surface area contributed by atoms with Crippen LogP contribution in [0.15, 0.2) is 17.5 Å². The van der Waals surface area contributed by atoms with Crippen LogP contribution in [0.25, 0.3) is 0 Å². The van der Waals surface area contributed by atoms with Crippen LogP contribution in [-0.2, 0) is 9.53 Å². The molecule has 0 bridgehead atoms. The van der Waals surface area contributed by atoms with E-state index in [1.807, 2.05) is 23.3 Å². The summed E-state index contributed by atoms with van der Waals surface area (Å²) in [6, 6.07) is 3.67. The second kappa shape index (κ2) is 6.50. The van der Waals surface area contributed by atoms with Crippen molar-refractivity contribution >= 4 is 17.2 Å². The van der Waals surface area contributed by atoms with Crippen molar-refractivity contribution in [3.05, 3.63) is 22.4 Å². The molecule has 3 atom stereocenters. The van der Waals surface area contributed by atoms with Gasteiger partial charge in [0.05, 0.1) is 19.2 Å². The van der Waals surface area contributed by atoms with Crippen molar-refractivity contribution in [3.63, 3.8) is 0 Å². The molecule has 1 amide bonds. The van der Waals surface area contributed by atoms with Gasteiger partial charge in [0.15, 0.2) is 0 Å². The van der Waals surface area contributed by atoms with Gasteiger partial charge in [0, 0.05) is 11.4 Å². The van der Waals surface area contributed by atoms with Gasteiger partial charge in [-0.1, -0.05) is 26.3 Å². The Kier molecular flexibility index (Phi) is 4.96. The van der Waals surface area contributed by atoms with Gasteiger partial charge in [-0.3, -0.25) is 4.79 Å². The lowest BCUT2D eigenvalue weighted by Crippen LogP contribution is -2.51. The summed E-state index contributed by atoms with van der Waals surface area (Å²) >= 11 is 1.67. The molecule has 0 spiro atoms. The van der Waals surface area contributed by atoms with Crippen LogP contribution < -0.4 is 5.73 Å². The lowest BCUT2D eigenvalue weighted by Gasteiger charge is -2.35. The van der Waals surface area contributed by atoms with Crippen LogP contribution in [0.3, 0.4) is 0 Å². The number of nitrogens with zero attached hydrogens (tertiary/aromatic N) is 1. The number of nitrogens with two attached hydrogens (primary N) is 1. The normalized spacial score (nSPS) is 23.1. The van der Waals surface area contributed by atoms with Crippen LogP contribution in [0.4, 0.5) is 0 Å². The summed E-state index contributed by atoms with van der Waals surface area (Å²) in [6.07, 6.45) is 0.924. The highest BCUT2D eigenvalue weighted by atomic mass is 32.1. The van der Waals surface area contributed by atoms with E-state index in [-0.39, 0.29) is 17.9 Å². The molecular weight excluding hydrogens is 260 g/mol. The monoisotopic (exact) mass is 282 g/mol. The Morgan fingerprint density at radius 1 is 1.68 bits per heavy atom. The van der Waals surface area contributed by atoms with Gasteiger partial charge in [-0.15, -0.1) is 11.3 Å². The van der Waals surface area contributed by atoms with E-state index >= 15 is 0 Å². The van der Waals surface area contributed by atoms with Crippen LogP contribution in [0.1, 0.15) is 31.2 Å². The van der Waals surface area contributed by atoms with Crippen molar-refractivity contribution in [2.45, 2.75) is 32.4 Å². The summed E-state index contributed by atoms with van der Waals surface area (Å²) in [6.45, 7) is 5.93. The highest BCUT2D eigenvalue weighted by molar-refractivity contribution is 7.10. The average molecular weight is 282 g/mol. The minimum Gasteiger partial charge on any atom is -0.369 e. The fraction of sp³-hybridized carbons (Fsp3) is 0.643. The Balaban J connectivity index is 1.99. The number of carbonyl (C=O) groups excluding carboxylic acids is 1. The van der Waals surface area contributed by atoms with E-state index in [4.69, 9.17) is 10.5 Å². The third-order valence-corrected chi connectivity index (χ3v) is 4.75. The highest BCUT2D eigenvalue weighted by Crippen LogP contribution is 2.26. The number of morpholine rings is 1. The minimum atomic E-state index is -0.396. The molecule has 1 aliphatic rings. The van der Waals surface area contributed by atoms with Crippen molar-refractivity contribution in [2.75, 3.05) is 19.7 Å². The molecule has 1 aromatic heterocycles. The molecule has 5 heteroatoms. The number of ether oxygens (including phenoxy) is 1. The number of carbonyl (C=O) groups is 1. The zero-order valence-corrected chi connectivity index (χ0v) is 12.4. The van der Waals surface area contributed by atoms with Crippen LogP contribution in [-0.4, -0.2) is 36.5 Å². The van der Waals surface area contributed by atoms with Gasteiger partial charge >= 0.3 is 0 Å². The number of amides is 1. The zero-order valence-electron chi connectivity index (χ0n) is 11.5. The fourth-order valence-electron chi connectivity index (χ4n) is 2.20. The predicted octanol–water partition coefficient (Wildman–Crippen LogP) is 2.02. The van der Waals surface area contributed by atoms with Crippen LogP contribution >= 0.6 is 11.3 Å². The van der Waals surface area contributed by atoms with Gasteiger partial charge in [-0.25, -0.2) is 0 Å². The van der Waals surface area contributed by atoms with E-state index in [1.165, 1.54) is 4.88 Å². The smallest absolute Gasteiger partial charge is 0.239 e. The molecule has 2 N–H and O–H groups in total. The molecule has 19 heavy (non-hydrogen) atoms. The maximum atomic E-state index is 12.4. The van der Waals surface area contributed by atoms with Gasteiger partial charge in [0.2, 0.25) is 5.91 Å². The quantitative estimate of drug-likeness (QED) is 0.919. The fourth-order valence-corrected chi connectivity index (χ4v) is 2.97. The van der Waals surface area contributed by atoms with E-state index in [9.17, 15) is 4.79 Å². The molecule has 0 aliphatic carbocycles. The minimum absolute atomic E-state index is 0.00170. The van der Waals surface area contributed by atoms with Gasteiger partial charge in [-0.05, 0) is 17.4 Å². The number of hydrogen-bond acceptors (Lipinski definition) is 4. The van der Waals surface area contributed by atoms with Gasteiger partial charge in [0.1, 0.15) is 6.10 Å². The summed E-state index contributed by atoms with van der Waals surface area (Å²) in [5, 5.41) is 2.03. The molecule has 0 saturated carbocycles. The molecule has 1 aliphatic heterocycles. The Bertz CT molecular complexity index is 408. The first kappa shape index (κ1) is 14.5. The van der Waals surface area contributed by atoms with Crippen LogP contribution in [0, 0.1) is 5.92 Å².